The number of rotatable bonds is 17. The van der Waals surface area contributed by atoms with E-state index in [1.165, 1.54) is 20.8 Å². The third-order valence-corrected chi connectivity index (χ3v) is 15.0. The van der Waals surface area contributed by atoms with Gasteiger partial charge in [-0.15, -0.1) is 11.8 Å². The third kappa shape index (κ3) is 20.7. The lowest BCUT2D eigenvalue weighted by Crippen LogP contribution is -2.65. The van der Waals surface area contributed by atoms with Crippen molar-refractivity contribution in [3.8, 4) is 5.75 Å². The van der Waals surface area contributed by atoms with Gasteiger partial charge >= 0.3 is 5.97 Å². The molecule has 446 valence electrons. The smallest absolute Gasteiger partial charge is 0.326 e. The molecule has 2 heterocycles. The van der Waals surface area contributed by atoms with E-state index in [2.05, 4.69) is 41.9 Å². The van der Waals surface area contributed by atoms with Crippen molar-refractivity contribution in [3.05, 3.63) is 22.3 Å². The van der Waals surface area contributed by atoms with Gasteiger partial charge in [-0.3, -0.25) is 39.0 Å². The van der Waals surface area contributed by atoms with Gasteiger partial charge < -0.3 is 67.0 Å². The molecule has 0 aromatic heterocycles. The molecule has 7 amide bonds. The van der Waals surface area contributed by atoms with Gasteiger partial charge in [0.05, 0.1) is 52.2 Å². The van der Waals surface area contributed by atoms with Crippen LogP contribution in [0.2, 0.25) is 0 Å². The van der Waals surface area contributed by atoms with Gasteiger partial charge in [0.15, 0.2) is 0 Å². The lowest BCUT2D eigenvalue weighted by Gasteiger charge is -2.36. The SMILES string of the molecule is Cc1c(C)c(S(=O)(=O)NC(=N)NCCC[C@@H]2NC(=O)C([C@@H](C)OC(C)(C)C)NC(=O)[C@H]([C@@H](C)OC(C)(C)C)NC(=O)C([C@@H](C)OC(C)(C)C)NC(=O)[C@H](CSCC(N)=O)NC(=O)C[C@@H](C(=O)O)NC2=O)c(C)c2c1CC(C)(C)O2. The summed E-state index contributed by atoms with van der Waals surface area (Å²) < 4.78 is 54.6. The summed E-state index contributed by atoms with van der Waals surface area (Å²) in [5.74, 6) is -9.32. The standard InChI is InChI=1S/C52H86N10O15S2/c1-25-26(2)41(27(3)40-31(25)22-52(16,17)77-40)79(72,73)62-48(54)55-20-18-19-32-42(65)58-33(47(70)71)21-36(64)56-34(23-78-24-35(53)63)43(66)59-38(29(5)75-50(10,11)12)45(68)61-39(30(6)76-51(13,14)15)46(69)60-37(44(67)57-32)28(4)74-49(7,8)9/h28-30,32-34,37-39H,18-24H2,1-17H3,(H2,53,63)(H,56,64)(H,57,67)(H,58,65)(H,59,66)(H,60,69)(H,61,68)(H,70,71)(H3,54,55,62)/t28-,29-,30-,32+,33+,34+,37?,38?,39+/m1/s1. The van der Waals surface area contributed by atoms with Crippen LogP contribution in [-0.2, 0) is 69.0 Å². The summed E-state index contributed by atoms with van der Waals surface area (Å²) in [4.78, 5) is 111. The fraction of sp³-hybridized carbons (Fsp3) is 0.712. The Kier molecular flexibility index (Phi) is 23.2. The zero-order valence-electron chi connectivity index (χ0n) is 48.7. The van der Waals surface area contributed by atoms with Crippen molar-refractivity contribution in [3.63, 3.8) is 0 Å². The molecule has 3 rings (SSSR count). The molecular weight excluding hydrogens is 1070 g/mol. The first-order valence-corrected chi connectivity index (χ1v) is 28.8. The Morgan fingerprint density at radius 2 is 1.19 bits per heavy atom. The highest BCUT2D eigenvalue weighted by molar-refractivity contribution is 8.00. The second kappa shape index (κ2) is 27.1. The Bertz CT molecular complexity index is 2580. The summed E-state index contributed by atoms with van der Waals surface area (Å²) in [6.45, 7) is 28.5. The highest BCUT2D eigenvalue weighted by atomic mass is 32.2. The second-order valence-corrected chi connectivity index (χ2v) is 26.3. The van der Waals surface area contributed by atoms with E-state index in [1.807, 2.05) is 13.8 Å². The molecule has 1 aromatic rings. The molecule has 0 saturated carbocycles. The monoisotopic (exact) mass is 1150 g/mol. The first-order chi connectivity index (χ1) is 36.0. The average Bonchev–Trinajstić information content (AvgIpc) is 3.61. The van der Waals surface area contributed by atoms with E-state index < -0.39 is 147 Å². The van der Waals surface area contributed by atoms with E-state index in [0.29, 0.717) is 23.3 Å². The number of hydrogen-bond acceptors (Lipinski definition) is 16. The quantitative estimate of drug-likeness (QED) is 0.0592. The second-order valence-electron chi connectivity index (χ2n) is 23.6. The average molecular weight is 1160 g/mol. The molecule has 0 radical (unpaired) electrons. The molecule has 9 atom stereocenters. The van der Waals surface area contributed by atoms with Crippen LogP contribution in [0.25, 0.3) is 0 Å². The minimum atomic E-state index is -4.37. The van der Waals surface area contributed by atoms with E-state index in [1.54, 1.807) is 83.1 Å². The number of hydrogen-bond donors (Lipinski definition) is 11. The van der Waals surface area contributed by atoms with Crippen LogP contribution in [0, 0.1) is 26.2 Å². The van der Waals surface area contributed by atoms with E-state index >= 15 is 0 Å². The zero-order valence-corrected chi connectivity index (χ0v) is 50.3. The van der Waals surface area contributed by atoms with Gasteiger partial charge in [-0.05, 0) is 142 Å². The van der Waals surface area contributed by atoms with Crippen molar-refractivity contribution in [1.29, 1.82) is 5.41 Å². The zero-order chi connectivity index (χ0) is 60.5. The van der Waals surface area contributed by atoms with Crippen LogP contribution in [0.4, 0.5) is 0 Å². The highest BCUT2D eigenvalue weighted by Gasteiger charge is 2.42. The Balaban J connectivity index is 2.13. The van der Waals surface area contributed by atoms with Gasteiger partial charge in [0.25, 0.3) is 10.0 Å². The van der Waals surface area contributed by atoms with Crippen molar-refractivity contribution in [1.82, 2.24) is 41.9 Å². The normalized spacial score (nSPS) is 23.3. The van der Waals surface area contributed by atoms with E-state index in [0.717, 1.165) is 22.9 Å². The number of guanidine groups is 1. The number of ether oxygens (including phenoxy) is 4. The number of fused-ring (bicyclic) bond motifs is 1. The number of aliphatic carboxylic acids is 1. The van der Waals surface area contributed by atoms with Crippen molar-refractivity contribution >= 4 is 75.1 Å². The lowest BCUT2D eigenvalue weighted by molar-refractivity contribution is -0.147. The highest BCUT2D eigenvalue weighted by Crippen LogP contribution is 2.44. The molecule has 79 heavy (non-hydrogen) atoms. The van der Waals surface area contributed by atoms with Crippen LogP contribution in [0.5, 0.6) is 5.75 Å². The summed E-state index contributed by atoms with van der Waals surface area (Å²) in [6.07, 6.45) is -4.21. The van der Waals surface area contributed by atoms with Crippen LogP contribution < -0.4 is 52.4 Å². The number of carbonyl (C=O) groups excluding carboxylic acids is 7. The van der Waals surface area contributed by atoms with Gasteiger partial charge in [-0.25, -0.2) is 17.9 Å². The molecule has 27 heteroatoms. The van der Waals surface area contributed by atoms with Crippen LogP contribution in [0.3, 0.4) is 0 Å². The summed E-state index contributed by atoms with van der Waals surface area (Å²) >= 11 is 0.849. The van der Waals surface area contributed by atoms with Crippen LogP contribution in [0.15, 0.2) is 4.90 Å². The maximum Gasteiger partial charge on any atom is 0.326 e. The molecule has 1 aromatic carbocycles. The minimum absolute atomic E-state index is 0.0525. The lowest BCUT2D eigenvalue weighted by atomic mass is 9.93. The Hall–Kier alpha value is -5.77. The first kappa shape index (κ1) is 67.5. The number of sulfonamides is 1. The number of nitrogens with two attached hydrogens (primary N) is 1. The molecule has 2 unspecified atom stereocenters. The molecular formula is C52H86N10O15S2. The first-order valence-electron chi connectivity index (χ1n) is 26.1. The van der Waals surface area contributed by atoms with Crippen LogP contribution in [-0.4, -0.2) is 162 Å². The molecule has 25 nitrogen and oxygen atoms in total. The topological polar surface area (TPSA) is 374 Å². The predicted octanol–water partition coefficient (Wildman–Crippen LogP) is 1.13. The number of carboxylic acids is 1. The van der Waals surface area contributed by atoms with Crippen molar-refractivity contribution in [2.24, 2.45) is 5.73 Å². The number of benzene rings is 1. The number of primary amides is 1. The summed E-state index contributed by atoms with van der Waals surface area (Å²) in [5, 5.41) is 36.8. The van der Waals surface area contributed by atoms with E-state index in [-0.39, 0.29) is 35.8 Å². The van der Waals surface area contributed by atoms with Gasteiger partial charge in [0, 0.05) is 29.8 Å². The van der Waals surface area contributed by atoms with Crippen molar-refractivity contribution in [2.45, 2.75) is 225 Å². The predicted molar refractivity (Wildman–Crippen MR) is 296 cm³/mol. The van der Waals surface area contributed by atoms with Crippen LogP contribution in [0.1, 0.15) is 138 Å². The number of thioether (sulfide) groups is 1. The molecule has 0 aliphatic carbocycles. The molecule has 1 fully saturated rings. The molecule has 2 aliphatic heterocycles. The fourth-order valence-corrected chi connectivity index (χ4v) is 11.4. The summed E-state index contributed by atoms with van der Waals surface area (Å²) in [5.41, 5.74) is 4.56. The Labute approximate surface area is 468 Å². The number of nitrogens with one attached hydrogen (secondary N) is 9. The van der Waals surface area contributed by atoms with Crippen LogP contribution >= 0.6 is 11.8 Å². The maximum atomic E-state index is 14.8. The van der Waals surface area contributed by atoms with Crippen molar-refractivity contribution in [2.75, 3.05) is 18.1 Å². The van der Waals surface area contributed by atoms with Gasteiger partial charge in [0.2, 0.25) is 47.3 Å². The maximum absolute atomic E-state index is 14.8. The van der Waals surface area contributed by atoms with Crippen molar-refractivity contribution < 1.29 is 70.8 Å². The fourth-order valence-electron chi connectivity index (χ4n) is 9.12. The minimum Gasteiger partial charge on any atom is -0.487 e. The summed E-state index contributed by atoms with van der Waals surface area (Å²) in [7, 11) is -4.37. The molecule has 0 bridgehead atoms. The third-order valence-electron chi connectivity index (χ3n) is 12.4. The van der Waals surface area contributed by atoms with Gasteiger partial charge in [-0.1, -0.05) is 0 Å². The molecule has 0 spiro atoms. The Morgan fingerprint density at radius 3 is 1.65 bits per heavy atom. The molecule has 12 N–H and O–H groups in total. The van der Waals surface area contributed by atoms with Gasteiger partial charge in [-0.2, -0.15) is 0 Å². The molecule has 1 saturated heterocycles. The number of carbonyl (C=O) groups is 8. The largest absolute Gasteiger partial charge is 0.487 e. The van der Waals surface area contributed by atoms with Gasteiger partial charge in [0.1, 0.15) is 47.6 Å². The van der Waals surface area contributed by atoms with E-state index in [4.69, 9.17) is 30.1 Å². The Morgan fingerprint density at radius 1 is 0.734 bits per heavy atom. The van der Waals surface area contributed by atoms with E-state index in [9.17, 15) is 51.9 Å². The number of amides is 7. The molecule has 2 aliphatic rings. The number of carboxylic acid groups (broad SMARTS) is 1. The summed E-state index contributed by atoms with van der Waals surface area (Å²) in [6, 6.07) is -10.0.